The number of aryl methyl sites for hydroxylation is 2. The van der Waals surface area contributed by atoms with Gasteiger partial charge in [-0.15, -0.1) is 0 Å². The molecule has 2 heterocycles. The average Bonchev–Trinajstić information content (AvgIpc) is 3.11. The van der Waals surface area contributed by atoms with Gasteiger partial charge in [0.15, 0.2) is 0 Å². The summed E-state index contributed by atoms with van der Waals surface area (Å²) >= 11 is 0. The van der Waals surface area contributed by atoms with E-state index in [0.717, 1.165) is 27.9 Å². The summed E-state index contributed by atoms with van der Waals surface area (Å²) in [4.78, 5) is 29.0. The van der Waals surface area contributed by atoms with Gasteiger partial charge in [-0.3, -0.25) is 4.57 Å². The molecule has 0 bridgehead atoms. The van der Waals surface area contributed by atoms with Crippen molar-refractivity contribution in [1.82, 2.24) is 14.1 Å². The first kappa shape index (κ1) is 25.2. The number of nitrogens with zero attached hydrogens (tertiary/aromatic N) is 3. The predicted octanol–water partition coefficient (Wildman–Crippen LogP) is 3.79. The number of ether oxygens (including phenoxy) is 2. The van der Waals surface area contributed by atoms with Crippen molar-refractivity contribution in [1.29, 1.82) is 0 Å². The van der Waals surface area contributed by atoms with Crippen LogP contribution in [0.3, 0.4) is 0 Å². The summed E-state index contributed by atoms with van der Waals surface area (Å²) in [6, 6.07) is 17.4. The fourth-order valence-electron chi connectivity index (χ4n) is 4.43. The molecule has 0 aliphatic heterocycles. The van der Waals surface area contributed by atoms with Crippen molar-refractivity contribution in [3.63, 3.8) is 0 Å². The van der Waals surface area contributed by atoms with Gasteiger partial charge in [0, 0.05) is 34.5 Å². The molecule has 1 atom stereocenters. The topological polar surface area (TPSA) is 95.6 Å². The number of carbonyl (C=O) groups excluding carboxylic acids is 1. The Morgan fingerprint density at radius 1 is 1.06 bits per heavy atom. The lowest BCUT2D eigenvalue weighted by Crippen LogP contribution is -2.33. The molecule has 36 heavy (non-hydrogen) atoms. The molecular weight excluding hydrogens is 458 g/mol. The maximum Gasteiger partial charge on any atom is 0.348 e. The zero-order valence-corrected chi connectivity index (χ0v) is 21.0. The molecule has 1 N–H and O–H groups in total. The molecule has 188 valence electrons. The van der Waals surface area contributed by atoms with E-state index in [4.69, 9.17) is 9.47 Å². The maximum absolute atomic E-state index is 12.9. The Morgan fingerprint density at radius 2 is 1.81 bits per heavy atom. The summed E-state index contributed by atoms with van der Waals surface area (Å²) in [6.07, 6.45) is -0.921. The van der Waals surface area contributed by atoms with Crippen LogP contribution in [0.2, 0.25) is 0 Å². The zero-order valence-electron chi connectivity index (χ0n) is 21.0. The van der Waals surface area contributed by atoms with Crippen LogP contribution in [-0.2, 0) is 17.8 Å². The molecule has 0 aliphatic rings. The second kappa shape index (κ2) is 10.8. The number of hydrogen-bond acceptors (Lipinski definition) is 6. The van der Waals surface area contributed by atoms with Gasteiger partial charge in [-0.25, -0.2) is 9.59 Å². The van der Waals surface area contributed by atoms with Crippen LogP contribution in [0.25, 0.3) is 10.9 Å². The van der Waals surface area contributed by atoms with E-state index in [9.17, 15) is 14.7 Å². The van der Waals surface area contributed by atoms with Crippen LogP contribution in [0, 0.1) is 20.8 Å². The summed E-state index contributed by atoms with van der Waals surface area (Å²) in [5.74, 6) is 0.126. The molecular formula is C28H31N3O5. The Hall–Kier alpha value is -3.91. The molecule has 0 saturated carbocycles. The minimum atomic E-state index is -0.921. The fourth-order valence-corrected chi connectivity index (χ4v) is 4.43. The van der Waals surface area contributed by atoms with E-state index in [1.54, 1.807) is 32.9 Å². The third-order valence-electron chi connectivity index (χ3n) is 6.14. The van der Waals surface area contributed by atoms with Crippen molar-refractivity contribution in [2.45, 2.75) is 46.9 Å². The summed E-state index contributed by atoms with van der Waals surface area (Å²) in [5.41, 5.74) is 4.28. The van der Waals surface area contributed by atoms with Crippen molar-refractivity contribution in [2.75, 3.05) is 13.2 Å². The second-order valence-corrected chi connectivity index (χ2v) is 8.83. The van der Waals surface area contributed by atoms with Crippen molar-refractivity contribution in [3.05, 3.63) is 93.3 Å². The Balaban J connectivity index is 1.60. The van der Waals surface area contributed by atoms with Crippen LogP contribution in [0.15, 0.2) is 59.4 Å². The third kappa shape index (κ3) is 5.33. The number of benzene rings is 2. The van der Waals surface area contributed by atoms with Gasteiger partial charge in [-0.2, -0.15) is 4.98 Å². The first-order valence-electron chi connectivity index (χ1n) is 12.0. The molecule has 0 aliphatic carbocycles. The normalized spacial score (nSPS) is 12.0. The molecule has 2 aromatic heterocycles. The third-order valence-corrected chi connectivity index (χ3v) is 6.14. The van der Waals surface area contributed by atoms with E-state index in [1.165, 1.54) is 4.57 Å². The average molecular weight is 490 g/mol. The van der Waals surface area contributed by atoms with Crippen molar-refractivity contribution in [3.8, 4) is 5.75 Å². The maximum atomic E-state index is 12.9. The summed E-state index contributed by atoms with van der Waals surface area (Å²) in [6.45, 7) is 8.19. The van der Waals surface area contributed by atoms with Gasteiger partial charge in [0.05, 0.1) is 18.7 Å². The highest BCUT2D eigenvalue weighted by Gasteiger charge is 2.22. The van der Waals surface area contributed by atoms with Crippen LogP contribution in [-0.4, -0.2) is 44.5 Å². The van der Waals surface area contributed by atoms with Gasteiger partial charge in [0.1, 0.15) is 18.5 Å². The van der Waals surface area contributed by atoms with Gasteiger partial charge in [-0.05, 0) is 57.5 Å². The molecule has 4 rings (SSSR count). The van der Waals surface area contributed by atoms with Gasteiger partial charge in [0.25, 0.3) is 0 Å². The quantitative estimate of drug-likeness (QED) is 0.360. The minimum absolute atomic E-state index is 0.0241. The fraction of sp³-hybridized carbons (Fsp3) is 0.321. The summed E-state index contributed by atoms with van der Waals surface area (Å²) < 4.78 is 14.7. The molecule has 8 heteroatoms. The minimum Gasteiger partial charge on any atom is -0.491 e. The second-order valence-electron chi connectivity index (χ2n) is 8.83. The lowest BCUT2D eigenvalue weighted by molar-refractivity contribution is 0.0527. The van der Waals surface area contributed by atoms with Crippen LogP contribution < -0.4 is 10.4 Å². The number of esters is 1. The van der Waals surface area contributed by atoms with Crippen molar-refractivity contribution < 1.29 is 19.4 Å². The van der Waals surface area contributed by atoms with Gasteiger partial charge in [-0.1, -0.05) is 30.3 Å². The first-order valence-corrected chi connectivity index (χ1v) is 12.0. The number of aromatic nitrogens is 3. The van der Waals surface area contributed by atoms with Gasteiger partial charge >= 0.3 is 11.7 Å². The van der Waals surface area contributed by atoms with E-state index in [2.05, 4.69) is 9.55 Å². The van der Waals surface area contributed by atoms with Crippen LogP contribution >= 0.6 is 0 Å². The number of aliphatic hydroxyl groups is 1. The van der Waals surface area contributed by atoms with Crippen molar-refractivity contribution in [2.24, 2.45) is 0 Å². The lowest BCUT2D eigenvalue weighted by atomic mass is 10.1. The standard InChI is InChI=1S/C28H31N3O5/c1-5-35-27(33)26-20(4)31(15-21-9-7-6-8-10-21)25-12-11-23(14-24(25)26)36-17-22(32)16-30-19(3)13-18(2)29-28(30)34/h6-14,22,32H,5,15-17H2,1-4H3. The molecule has 0 radical (unpaired) electrons. The highest BCUT2D eigenvalue weighted by Crippen LogP contribution is 2.31. The highest BCUT2D eigenvalue weighted by atomic mass is 16.5. The smallest absolute Gasteiger partial charge is 0.348 e. The SMILES string of the molecule is CCOC(=O)c1c(C)n(Cc2ccccc2)c2ccc(OCC(O)Cn3c(C)cc(C)nc3=O)cc12. The molecule has 0 fully saturated rings. The number of rotatable bonds is 9. The summed E-state index contributed by atoms with van der Waals surface area (Å²) in [7, 11) is 0. The molecule has 1 unspecified atom stereocenters. The number of aliphatic hydroxyl groups excluding tert-OH is 1. The summed E-state index contributed by atoms with van der Waals surface area (Å²) in [5, 5.41) is 11.3. The number of fused-ring (bicyclic) bond motifs is 1. The molecule has 0 saturated heterocycles. The first-order chi connectivity index (χ1) is 17.3. The molecule has 0 spiro atoms. The Labute approximate surface area is 209 Å². The largest absolute Gasteiger partial charge is 0.491 e. The molecule has 0 amide bonds. The Morgan fingerprint density at radius 3 is 2.50 bits per heavy atom. The van der Waals surface area contributed by atoms with E-state index >= 15 is 0 Å². The van der Waals surface area contributed by atoms with E-state index < -0.39 is 11.8 Å². The number of carbonyl (C=O) groups is 1. The van der Waals surface area contributed by atoms with Gasteiger partial charge < -0.3 is 19.1 Å². The van der Waals surface area contributed by atoms with E-state index in [-0.39, 0.29) is 25.7 Å². The molecule has 2 aromatic carbocycles. The Kier molecular flexibility index (Phi) is 7.55. The predicted molar refractivity (Wildman–Crippen MR) is 138 cm³/mol. The Bertz CT molecular complexity index is 1440. The highest BCUT2D eigenvalue weighted by molar-refractivity contribution is 6.06. The zero-order chi connectivity index (χ0) is 25.8. The molecule has 4 aromatic rings. The van der Waals surface area contributed by atoms with Crippen molar-refractivity contribution >= 4 is 16.9 Å². The van der Waals surface area contributed by atoms with Crippen LogP contribution in [0.5, 0.6) is 5.75 Å². The lowest BCUT2D eigenvalue weighted by Gasteiger charge is -2.16. The van der Waals surface area contributed by atoms with Crippen LogP contribution in [0.1, 0.15) is 39.9 Å². The van der Waals surface area contributed by atoms with E-state index in [1.807, 2.05) is 49.4 Å². The number of hydrogen-bond donors (Lipinski definition) is 1. The van der Waals surface area contributed by atoms with Gasteiger partial charge in [0.2, 0.25) is 0 Å². The van der Waals surface area contributed by atoms with E-state index in [0.29, 0.717) is 23.6 Å². The van der Waals surface area contributed by atoms with Crippen LogP contribution in [0.4, 0.5) is 0 Å². The molecule has 8 nitrogen and oxygen atoms in total. The monoisotopic (exact) mass is 489 g/mol.